The lowest BCUT2D eigenvalue weighted by atomic mass is 10.4. The molecule has 0 bridgehead atoms. The van der Waals surface area contributed by atoms with Crippen LogP contribution in [-0.4, -0.2) is 22.9 Å². The molecule has 0 unspecified atom stereocenters. The monoisotopic (exact) mass is 182 g/mol. The SMILES string of the molecule is COC(=O)Cn1nc(C)ccc1=O. The summed E-state index contributed by atoms with van der Waals surface area (Å²) in [6, 6.07) is 2.96. The third-order valence-electron chi connectivity index (χ3n) is 1.51. The molecule has 0 fully saturated rings. The number of ether oxygens (including phenoxy) is 1. The Balaban J connectivity index is 2.94. The van der Waals surface area contributed by atoms with Gasteiger partial charge >= 0.3 is 5.97 Å². The Kier molecular flexibility index (Phi) is 2.79. The van der Waals surface area contributed by atoms with Crippen LogP contribution < -0.4 is 5.56 Å². The van der Waals surface area contributed by atoms with Gasteiger partial charge < -0.3 is 4.74 Å². The van der Waals surface area contributed by atoms with Gasteiger partial charge in [-0.25, -0.2) is 4.68 Å². The Morgan fingerprint density at radius 2 is 2.31 bits per heavy atom. The molecule has 0 saturated carbocycles. The highest BCUT2D eigenvalue weighted by Crippen LogP contribution is 1.86. The highest BCUT2D eigenvalue weighted by molar-refractivity contribution is 5.68. The molecule has 0 saturated heterocycles. The van der Waals surface area contributed by atoms with Crippen molar-refractivity contribution in [2.24, 2.45) is 0 Å². The van der Waals surface area contributed by atoms with Gasteiger partial charge in [0.25, 0.3) is 5.56 Å². The highest BCUT2D eigenvalue weighted by Gasteiger charge is 2.04. The van der Waals surface area contributed by atoms with Crippen LogP contribution in [0.5, 0.6) is 0 Å². The molecule has 70 valence electrons. The van der Waals surface area contributed by atoms with Crippen molar-refractivity contribution in [1.82, 2.24) is 9.78 Å². The van der Waals surface area contributed by atoms with Crippen molar-refractivity contribution in [3.63, 3.8) is 0 Å². The fraction of sp³-hybridized carbons (Fsp3) is 0.375. The van der Waals surface area contributed by atoms with E-state index in [1.54, 1.807) is 13.0 Å². The lowest BCUT2D eigenvalue weighted by Gasteiger charge is -2.02. The van der Waals surface area contributed by atoms with Crippen LogP contribution in [0.2, 0.25) is 0 Å². The van der Waals surface area contributed by atoms with Gasteiger partial charge in [0.15, 0.2) is 0 Å². The van der Waals surface area contributed by atoms with E-state index in [9.17, 15) is 9.59 Å². The van der Waals surface area contributed by atoms with Gasteiger partial charge in [-0.05, 0) is 13.0 Å². The zero-order valence-electron chi connectivity index (χ0n) is 7.48. The molecule has 0 N–H and O–H groups in total. The molecule has 0 aliphatic heterocycles. The number of nitrogens with zero attached hydrogens (tertiary/aromatic N) is 2. The van der Waals surface area contributed by atoms with Gasteiger partial charge in [0.2, 0.25) is 0 Å². The molecule has 13 heavy (non-hydrogen) atoms. The summed E-state index contributed by atoms with van der Waals surface area (Å²) in [5.74, 6) is -0.486. The predicted molar refractivity (Wildman–Crippen MR) is 45.3 cm³/mol. The number of hydrogen-bond acceptors (Lipinski definition) is 4. The van der Waals surface area contributed by atoms with Crippen LogP contribution in [0.25, 0.3) is 0 Å². The Bertz CT molecular complexity index is 370. The summed E-state index contributed by atoms with van der Waals surface area (Å²) < 4.78 is 5.48. The second-order valence-electron chi connectivity index (χ2n) is 2.55. The van der Waals surface area contributed by atoms with Crippen molar-refractivity contribution < 1.29 is 9.53 Å². The van der Waals surface area contributed by atoms with Crippen LogP contribution in [0.3, 0.4) is 0 Å². The lowest BCUT2D eigenvalue weighted by Crippen LogP contribution is -2.26. The Morgan fingerprint density at radius 1 is 1.62 bits per heavy atom. The maximum Gasteiger partial charge on any atom is 0.327 e. The van der Waals surface area contributed by atoms with E-state index in [4.69, 9.17) is 0 Å². The Morgan fingerprint density at radius 3 is 2.92 bits per heavy atom. The molecule has 1 aromatic rings. The molecule has 0 aromatic carbocycles. The van der Waals surface area contributed by atoms with E-state index in [0.29, 0.717) is 5.69 Å². The van der Waals surface area contributed by atoms with E-state index in [-0.39, 0.29) is 12.1 Å². The molecule has 5 heteroatoms. The molecule has 0 atom stereocenters. The molecule has 0 radical (unpaired) electrons. The van der Waals surface area contributed by atoms with Crippen LogP contribution in [-0.2, 0) is 16.1 Å². The average Bonchev–Trinajstić information content (AvgIpc) is 2.11. The van der Waals surface area contributed by atoms with Crippen molar-refractivity contribution in [2.75, 3.05) is 7.11 Å². The minimum Gasteiger partial charge on any atom is -0.468 e. The highest BCUT2D eigenvalue weighted by atomic mass is 16.5. The molecule has 1 rings (SSSR count). The zero-order chi connectivity index (χ0) is 9.84. The molecule has 1 heterocycles. The van der Waals surface area contributed by atoms with Gasteiger partial charge in [0.1, 0.15) is 6.54 Å². The first-order valence-electron chi connectivity index (χ1n) is 3.75. The van der Waals surface area contributed by atoms with Crippen molar-refractivity contribution in [3.8, 4) is 0 Å². The van der Waals surface area contributed by atoms with E-state index >= 15 is 0 Å². The van der Waals surface area contributed by atoms with Gasteiger partial charge in [-0.1, -0.05) is 0 Å². The number of hydrogen-bond donors (Lipinski definition) is 0. The summed E-state index contributed by atoms with van der Waals surface area (Å²) in [6.45, 7) is 1.60. The van der Waals surface area contributed by atoms with Gasteiger partial charge in [-0.2, -0.15) is 5.10 Å². The molecule has 1 aromatic heterocycles. The van der Waals surface area contributed by atoms with E-state index in [1.807, 2.05) is 0 Å². The summed E-state index contributed by atoms with van der Waals surface area (Å²) >= 11 is 0. The van der Waals surface area contributed by atoms with Crippen LogP contribution in [0.15, 0.2) is 16.9 Å². The van der Waals surface area contributed by atoms with Crippen LogP contribution in [0.1, 0.15) is 5.69 Å². The number of rotatable bonds is 2. The van der Waals surface area contributed by atoms with Crippen molar-refractivity contribution >= 4 is 5.97 Å². The van der Waals surface area contributed by atoms with E-state index < -0.39 is 5.97 Å². The molecule has 5 nitrogen and oxygen atoms in total. The maximum absolute atomic E-state index is 11.1. The number of aromatic nitrogens is 2. The van der Waals surface area contributed by atoms with Gasteiger partial charge in [0.05, 0.1) is 12.8 Å². The molecular formula is C8H10N2O3. The smallest absolute Gasteiger partial charge is 0.327 e. The maximum atomic E-state index is 11.1. The van der Waals surface area contributed by atoms with Gasteiger partial charge in [-0.15, -0.1) is 0 Å². The first-order valence-corrected chi connectivity index (χ1v) is 3.75. The normalized spacial score (nSPS) is 9.69. The van der Waals surface area contributed by atoms with Crippen molar-refractivity contribution in [3.05, 3.63) is 28.2 Å². The van der Waals surface area contributed by atoms with Crippen LogP contribution in [0.4, 0.5) is 0 Å². The quantitative estimate of drug-likeness (QED) is 0.590. The largest absolute Gasteiger partial charge is 0.468 e. The Labute approximate surface area is 74.9 Å². The van der Waals surface area contributed by atoms with Gasteiger partial charge in [0, 0.05) is 6.07 Å². The van der Waals surface area contributed by atoms with E-state index in [1.165, 1.54) is 13.2 Å². The van der Waals surface area contributed by atoms with Crippen molar-refractivity contribution in [1.29, 1.82) is 0 Å². The van der Waals surface area contributed by atoms with Crippen LogP contribution >= 0.6 is 0 Å². The summed E-state index contributed by atoms with van der Waals surface area (Å²) in [4.78, 5) is 21.9. The fourth-order valence-corrected chi connectivity index (χ4v) is 0.851. The molecule has 0 spiro atoms. The Hall–Kier alpha value is -1.65. The number of carbonyl (C=O) groups is 1. The average molecular weight is 182 g/mol. The predicted octanol–water partition coefficient (Wildman–Crippen LogP) is -0.275. The number of aryl methyl sites for hydroxylation is 1. The molecule has 0 aliphatic carbocycles. The molecule has 0 aliphatic rings. The first-order chi connectivity index (χ1) is 6.13. The molecular weight excluding hydrogens is 172 g/mol. The number of carbonyl (C=O) groups excluding carboxylic acids is 1. The van der Waals surface area contributed by atoms with E-state index in [2.05, 4.69) is 9.84 Å². The summed E-state index contributed by atoms with van der Waals surface area (Å²) in [5, 5.41) is 3.86. The number of methoxy groups -OCH3 is 1. The number of esters is 1. The minimum atomic E-state index is -0.486. The topological polar surface area (TPSA) is 61.2 Å². The molecule has 0 amide bonds. The zero-order valence-corrected chi connectivity index (χ0v) is 7.48. The van der Waals surface area contributed by atoms with E-state index in [0.717, 1.165) is 4.68 Å². The minimum absolute atomic E-state index is 0.142. The summed E-state index contributed by atoms with van der Waals surface area (Å²) in [6.07, 6.45) is 0. The summed E-state index contributed by atoms with van der Waals surface area (Å²) in [7, 11) is 1.27. The van der Waals surface area contributed by atoms with Gasteiger partial charge in [-0.3, -0.25) is 9.59 Å². The second-order valence-corrected chi connectivity index (χ2v) is 2.55. The van der Waals surface area contributed by atoms with Crippen molar-refractivity contribution in [2.45, 2.75) is 13.5 Å². The fourth-order valence-electron chi connectivity index (χ4n) is 0.851. The first kappa shape index (κ1) is 9.44. The third kappa shape index (κ3) is 2.40. The lowest BCUT2D eigenvalue weighted by molar-refractivity contribution is -0.141. The summed E-state index contributed by atoms with van der Waals surface area (Å²) in [5.41, 5.74) is 0.375. The standard InChI is InChI=1S/C8H10N2O3/c1-6-3-4-7(11)10(9-6)5-8(12)13-2/h3-4H,5H2,1-2H3. The third-order valence-corrected chi connectivity index (χ3v) is 1.51. The van der Waals surface area contributed by atoms with Crippen LogP contribution in [0, 0.1) is 6.92 Å². The second kappa shape index (κ2) is 3.84.